The van der Waals surface area contributed by atoms with Crippen molar-refractivity contribution in [1.29, 1.82) is 0 Å². The Morgan fingerprint density at radius 1 is 0.842 bits per heavy atom. The summed E-state index contributed by atoms with van der Waals surface area (Å²) in [6, 6.07) is 0. The van der Waals surface area contributed by atoms with Crippen LogP contribution in [-0.2, 0) is 23.8 Å². The van der Waals surface area contributed by atoms with E-state index in [-0.39, 0.29) is 11.9 Å². The van der Waals surface area contributed by atoms with E-state index in [9.17, 15) is 9.59 Å². The van der Waals surface area contributed by atoms with Crippen molar-refractivity contribution in [2.24, 2.45) is 0 Å². The molecule has 5 heteroatoms. The number of ether oxygens (including phenoxy) is 3. The number of hydrogen-bond donors (Lipinski definition) is 0. The Morgan fingerprint density at radius 2 is 1.53 bits per heavy atom. The average Bonchev–Trinajstić information content (AvgIpc) is 2.40. The quantitative estimate of drug-likeness (QED) is 0.478. The Bertz CT molecular complexity index is 216. The second-order valence-corrected chi connectivity index (χ2v) is 3.68. The van der Waals surface area contributed by atoms with Crippen LogP contribution in [0.1, 0.15) is 53.4 Å². The number of esters is 2. The molecule has 0 aliphatic rings. The molecule has 114 valence electrons. The van der Waals surface area contributed by atoms with Crippen molar-refractivity contribution in [3.05, 3.63) is 0 Å². The zero-order valence-electron chi connectivity index (χ0n) is 12.7. The molecule has 0 rings (SSSR count). The highest BCUT2D eigenvalue weighted by Crippen LogP contribution is 1.90. The van der Waals surface area contributed by atoms with Gasteiger partial charge in [0.25, 0.3) is 0 Å². The van der Waals surface area contributed by atoms with Crippen molar-refractivity contribution in [1.82, 2.24) is 0 Å². The summed E-state index contributed by atoms with van der Waals surface area (Å²) in [4.78, 5) is 21.1. The fourth-order valence-electron chi connectivity index (χ4n) is 0.965. The van der Waals surface area contributed by atoms with E-state index in [1.165, 1.54) is 0 Å². The predicted octanol–water partition coefficient (Wildman–Crippen LogP) is 2.72. The summed E-state index contributed by atoms with van der Waals surface area (Å²) in [5.41, 5.74) is 0. The molecule has 0 unspecified atom stereocenters. The second-order valence-electron chi connectivity index (χ2n) is 3.68. The van der Waals surface area contributed by atoms with Gasteiger partial charge in [0.1, 0.15) is 0 Å². The van der Waals surface area contributed by atoms with Crippen LogP contribution < -0.4 is 0 Å². The Hall–Kier alpha value is -1.10. The molecule has 0 fully saturated rings. The lowest BCUT2D eigenvalue weighted by atomic mass is 10.4. The molecule has 5 nitrogen and oxygen atoms in total. The van der Waals surface area contributed by atoms with Gasteiger partial charge in [-0.15, -0.1) is 0 Å². The van der Waals surface area contributed by atoms with Gasteiger partial charge in [-0.3, -0.25) is 9.59 Å². The Kier molecular flexibility index (Phi) is 18.0. The molecular formula is C14H28O5. The summed E-state index contributed by atoms with van der Waals surface area (Å²) in [6.45, 7) is 9.71. The molecule has 0 saturated carbocycles. The number of carbonyl (C=O) groups is 2. The third-order valence-corrected chi connectivity index (χ3v) is 2.01. The van der Waals surface area contributed by atoms with Gasteiger partial charge in [0, 0.05) is 13.0 Å². The minimum absolute atomic E-state index is 0.0940. The molecule has 0 heterocycles. The van der Waals surface area contributed by atoms with Gasteiger partial charge in [0.15, 0.2) is 0 Å². The van der Waals surface area contributed by atoms with E-state index in [1.807, 2.05) is 6.92 Å². The largest absolute Gasteiger partial charge is 0.466 e. The van der Waals surface area contributed by atoms with Crippen LogP contribution in [0.2, 0.25) is 0 Å². The van der Waals surface area contributed by atoms with Gasteiger partial charge in [0.05, 0.1) is 26.2 Å². The molecule has 0 N–H and O–H groups in total. The molecular weight excluding hydrogens is 248 g/mol. The lowest BCUT2D eigenvalue weighted by molar-refractivity contribution is -0.144. The monoisotopic (exact) mass is 276 g/mol. The van der Waals surface area contributed by atoms with E-state index in [1.54, 1.807) is 13.8 Å². The highest BCUT2D eigenvalue weighted by Gasteiger charge is 1.98. The van der Waals surface area contributed by atoms with E-state index in [0.29, 0.717) is 39.3 Å². The third kappa shape index (κ3) is 19.4. The fraction of sp³-hybridized carbons (Fsp3) is 0.857. The zero-order chi connectivity index (χ0) is 14.9. The number of hydrogen-bond acceptors (Lipinski definition) is 5. The molecule has 0 radical (unpaired) electrons. The van der Waals surface area contributed by atoms with Crippen LogP contribution in [0.3, 0.4) is 0 Å². The van der Waals surface area contributed by atoms with Crippen molar-refractivity contribution in [2.75, 3.05) is 26.4 Å². The first-order valence-electron chi connectivity index (χ1n) is 7.01. The zero-order valence-corrected chi connectivity index (χ0v) is 12.7. The highest BCUT2D eigenvalue weighted by molar-refractivity contribution is 5.69. The topological polar surface area (TPSA) is 61.8 Å². The summed E-state index contributed by atoms with van der Waals surface area (Å²) in [7, 11) is 0. The first kappa shape index (κ1) is 20.2. The molecule has 0 aliphatic heterocycles. The van der Waals surface area contributed by atoms with E-state index in [2.05, 4.69) is 11.7 Å². The molecule has 0 aliphatic carbocycles. The van der Waals surface area contributed by atoms with Crippen LogP contribution in [0.5, 0.6) is 0 Å². The molecule has 0 aromatic heterocycles. The second kappa shape index (κ2) is 16.9. The van der Waals surface area contributed by atoms with Crippen LogP contribution in [0.25, 0.3) is 0 Å². The number of rotatable bonds is 9. The van der Waals surface area contributed by atoms with E-state index < -0.39 is 0 Å². The number of carbonyl (C=O) groups excluding carboxylic acids is 2. The summed E-state index contributed by atoms with van der Waals surface area (Å²) >= 11 is 0. The van der Waals surface area contributed by atoms with Gasteiger partial charge in [0.2, 0.25) is 0 Å². The van der Waals surface area contributed by atoms with Gasteiger partial charge in [-0.2, -0.15) is 0 Å². The Morgan fingerprint density at radius 3 is 2.00 bits per heavy atom. The van der Waals surface area contributed by atoms with E-state index in [0.717, 1.165) is 12.8 Å². The van der Waals surface area contributed by atoms with Crippen LogP contribution in [-0.4, -0.2) is 38.4 Å². The van der Waals surface area contributed by atoms with Crippen LogP contribution in [0, 0.1) is 0 Å². The maximum atomic E-state index is 10.6. The van der Waals surface area contributed by atoms with Gasteiger partial charge < -0.3 is 14.2 Å². The van der Waals surface area contributed by atoms with Crippen LogP contribution >= 0.6 is 0 Å². The first-order valence-corrected chi connectivity index (χ1v) is 7.01. The van der Waals surface area contributed by atoms with Crippen molar-refractivity contribution in [3.63, 3.8) is 0 Å². The van der Waals surface area contributed by atoms with Gasteiger partial charge in [-0.05, 0) is 20.3 Å². The van der Waals surface area contributed by atoms with Crippen molar-refractivity contribution < 1.29 is 23.8 Å². The minimum Gasteiger partial charge on any atom is -0.466 e. The predicted molar refractivity (Wildman–Crippen MR) is 73.9 cm³/mol. The maximum Gasteiger partial charge on any atom is 0.308 e. The molecule has 0 spiro atoms. The first-order chi connectivity index (χ1) is 9.12. The number of unbranched alkanes of at least 4 members (excludes halogenated alkanes) is 1. The summed E-state index contributed by atoms with van der Waals surface area (Å²) < 4.78 is 14.4. The van der Waals surface area contributed by atoms with Crippen molar-refractivity contribution >= 4 is 11.9 Å². The van der Waals surface area contributed by atoms with Crippen molar-refractivity contribution in [2.45, 2.75) is 53.4 Å². The van der Waals surface area contributed by atoms with E-state index >= 15 is 0 Å². The van der Waals surface area contributed by atoms with Crippen LogP contribution in [0.15, 0.2) is 0 Å². The molecule has 0 amide bonds. The van der Waals surface area contributed by atoms with E-state index in [4.69, 9.17) is 9.47 Å². The smallest absolute Gasteiger partial charge is 0.308 e. The third-order valence-electron chi connectivity index (χ3n) is 2.01. The summed E-state index contributed by atoms with van der Waals surface area (Å²) in [5, 5.41) is 0. The molecule has 0 saturated heterocycles. The standard InChI is InChI=1S/C7H14O3.C7H14O2/c1-3-9-6-5-7(8)10-4-2;1-3-5-6-9-7(8)4-2/h3-6H2,1-2H3;3-6H2,1-2H3. The lowest BCUT2D eigenvalue weighted by Crippen LogP contribution is -2.07. The highest BCUT2D eigenvalue weighted by atomic mass is 16.5. The van der Waals surface area contributed by atoms with Gasteiger partial charge in [-0.1, -0.05) is 20.3 Å². The maximum absolute atomic E-state index is 10.6. The summed E-state index contributed by atoms with van der Waals surface area (Å²) in [5.74, 6) is -0.278. The Labute approximate surface area is 116 Å². The molecule has 0 aromatic rings. The molecule has 0 atom stereocenters. The van der Waals surface area contributed by atoms with Crippen LogP contribution in [0.4, 0.5) is 0 Å². The molecule has 19 heavy (non-hydrogen) atoms. The van der Waals surface area contributed by atoms with Gasteiger partial charge >= 0.3 is 11.9 Å². The molecule has 0 bridgehead atoms. The normalized spacial score (nSPS) is 9.26. The Balaban J connectivity index is 0. The SMILES string of the molecule is CCCCOC(=O)CC.CCOCCC(=O)OCC. The van der Waals surface area contributed by atoms with Crippen molar-refractivity contribution in [3.8, 4) is 0 Å². The minimum atomic E-state index is -0.184. The average molecular weight is 276 g/mol. The van der Waals surface area contributed by atoms with Gasteiger partial charge in [-0.25, -0.2) is 0 Å². The summed E-state index contributed by atoms with van der Waals surface area (Å²) in [6.07, 6.45) is 2.91. The lowest BCUT2D eigenvalue weighted by Gasteiger charge is -2.00. The fourth-order valence-corrected chi connectivity index (χ4v) is 0.965. The molecule has 0 aromatic carbocycles.